The standard InChI is InChI=1S/C19H3BF15.2C4H10O.2CH3.Al/c1-20(2-5(21)11(27)17(33)12(28)6(2)22,3-7(23)13(29)18(34)14(30)8(3)24)4-9(25)15(31)19(35)16(32)10(4)26;2*1-3-5-4-2;;;/h1H3;2*3-4H2,1-2H3;2*1H3;/q-1;;;2*-1;+3. The molecule has 0 heterocycles. The van der Waals surface area contributed by atoms with Crippen molar-refractivity contribution in [1.29, 1.82) is 0 Å². The Morgan fingerprint density at radius 3 is 0.562 bits per heavy atom. The van der Waals surface area contributed by atoms with E-state index in [0.29, 0.717) is 0 Å². The summed E-state index contributed by atoms with van der Waals surface area (Å²) in [5.41, 5.74) is -7.89. The largest absolute Gasteiger partial charge is 3.00 e. The fraction of sp³-hybridized carbons (Fsp3) is 0.310. The molecule has 48 heavy (non-hydrogen) atoms. The van der Waals surface area contributed by atoms with Crippen molar-refractivity contribution in [2.24, 2.45) is 0 Å². The van der Waals surface area contributed by atoms with E-state index in [1.54, 1.807) is 0 Å². The minimum atomic E-state index is -5.41. The van der Waals surface area contributed by atoms with Gasteiger partial charge in [0, 0.05) is 26.4 Å². The molecular weight excluding hydrogens is 703 g/mol. The van der Waals surface area contributed by atoms with Gasteiger partial charge in [-0.3, -0.25) is 0 Å². The molecule has 0 aliphatic rings. The Morgan fingerprint density at radius 2 is 0.458 bits per heavy atom. The second kappa shape index (κ2) is 20.6. The van der Waals surface area contributed by atoms with Crippen molar-refractivity contribution in [3.63, 3.8) is 0 Å². The second-order valence-electron chi connectivity index (χ2n) is 8.81. The van der Waals surface area contributed by atoms with Crippen LogP contribution in [0.25, 0.3) is 0 Å². The summed E-state index contributed by atoms with van der Waals surface area (Å²) >= 11 is 0. The molecule has 0 unspecified atom stereocenters. The molecule has 3 aromatic carbocycles. The van der Waals surface area contributed by atoms with Gasteiger partial charge in [-0.25, -0.2) is 65.9 Å². The molecule has 0 amide bonds. The van der Waals surface area contributed by atoms with Crippen LogP contribution >= 0.6 is 0 Å². The molecule has 0 saturated heterocycles. The maximum atomic E-state index is 14.6. The van der Waals surface area contributed by atoms with Crippen LogP contribution in [0.15, 0.2) is 0 Å². The molecule has 0 fully saturated rings. The predicted octanol–water partition coefficient (Wildman–Crippen LogP) is 7.48. The van der Waals surface area contributed by atoms with Crippen LogP contribution in [0, 0.1) is 102 Å². The van der Waals surface area contributed by atoms with E-state index in [9.17, 15) is 65.9 Å². The van der Waals surface area contributed by atoms with Crippen molar-refractivity contribution < 1.29 is 75.3 Å². The Morgan fingerprint density at radius 1 is 0.333 bits per heavy atom. The summed E-state index contributed by atoms with van der Waals surface area (Å²) in [5.74, 6) is -45.1. The van der Waals surface area contributed by atoms with Gasteiger partial charge in [0.1, 0.15) is 41.0 Å². The molecular formula is C29H29AlBF15O2. The zero-order valence-corrected chi connectivity index (χ0v) is 27.6. The molecule has 0 saturated carbocycles. The summed E-state index contributed by atoms with van der Waals surface area (Å²) in [7, 11) is 0. The summed E-state index contributed by atoms with van der Waals surface area (Å²) in [6.45, 7) is 11.1. The van der Waals surface area contributed by atoms with Gasteiger partial charge in [0.25, 0.3) is 0 Å². The summed E-state index contributed by atoms with van der Waals surface area (Å²) in [6, 6.07) is 0. The summed E-state index contributed by atoms with van der Waals surface area (Å²) in [4.78, 5) is 0. The van der Waals surface area contributed by atoms with Crippen molar-refractivity contribution in [2.75, 3.05) is 26.4 Å². The monoisotopic (exact) mass is 732 g/mol. The average molecular weight is 732 g/mol. The molecule has 0 radical (unpaired) electrons. The Hall–Kier alpha value is -2.87. The molecule has 0 aliphatic heterocycles. The minimum Gasteiger partial charge on any atom is -0.382 e. The van der Waals surface area contributed by atoms with E-state index >= 15 is 0 Å². The van der Waals surface area contributed by atoms with Gasteiger partial charge in [-0.15, -0.1) is 16.4 Å². The van der Waals surface area contributed by atoms with Crippen LogP contribution in [-0.4, -0.2) is 49.9 Å². The van der Waals surface area contributed by atoms with Gasteiger partial charge < -0.3 is 24.3 Å². The van der Waals surface area contributed by atoms with Gasteiger partial charge in [0.15, 0.2) is 52.4 Å². The molecule has 3 aromatic rings. The van der Waals surface area contributed by atoms with E-state index in [1.165, 1.54) is 0 Å². The number of hydrogen-bond donors (Lipinski definition) is 0. The molecule has 3 rings (SSSR count). The number of rotatable bonds is 7. The van der Waals surface area contributed by atoms with Crippen molar-refractivity contribution in [3.05, 3.63) is 102 Å². The molecule has 0 N–H and O–H groups in total. The van der Waals surface area contributed by atoms with E-state index in [4.69, 9.17) is 9.47 Å². The van der Waals surface area contributed by atoms with Gasteiger partial charge in [0.05, 0.1) is 0 Å². The van der Waals surface area contributed by atoms with Crippen molar-refractivity contribution in [2.45, 2.75) is 34.5 Å². The van der Waals surface area contributed by atoms with Gasteiger partial charge in [-0.05, 0) is 27.7 Å². The third kappa shape index (κ3) is 9.22. The van der Waals surface area contributed by atoms with Crippen LogP contribution in [0.5, 0.6) is 0 Å². The Labute approximate surface area is 278 Å². The maximum absolute atomic E-state index is 14.6. The second-order valence-corrected chi connectivity index (χ2v) is 8.81. The normalized spacial score (nSPS) is 10.5. The first-order valence-electron chi connectivity index (χ1n) is 12.8. The van der Waals surface area contributed by atoms with E-state index in [-0.39, 0.29) is 39.0 Å². The Kier molecular flexibility index (Phi) is 21.2. The summed E-state index contributed by atoms with van der Waals surface area (Å²) in [6.07, 6.45) is -5.41. The van der Waals surface area contributed by atoms with Crippen molar-refractivity contribution >= 4 is 39.9 Å². The first kappa shape index (κ1) is 49.5. The van der Waals surface area contributed by atoms with Crippen LogP contribution in [-0.2, 0) is 9.47 Å². The van der Waals surface area contributed by atoms with Crippen LogP contribution in [0.3, 0.4) is 0 Å². The molecule has 0 bridgehead atoms. The number of halogens is 15. The number of benzene rings is 3. The Bertz CT molecular complexity index is 1270. The molecule has 0 spiro atoms. The van der Waals surface area contributed by atoms with Gasteiger partial charge >= 0.3 is 17.4 Å². The minimum absolute atomic E-state index is 0. The predicted molar refractivity (Wildman–Crippen MR) is 152 cm³/mol. The quantitative estimate of drug-likeness (QED) is 0.0826. The van der Waals surface area contributed by atoms with E-state index < -0.39 is 110 Å². The SMILES string of the molecule is CCOCC.CCOCC.C[B-](c1c(F)c(F)c(F)c(F)c1F)(c1c(F)c(F)c(F)c(F)c1F)c1c(F)c(F)c(F)c(F)c1F.[Al+3].[CH3-].[CH3-]. The fourth-order valence-electron chi connectivity index (χ4n) is 4.23. The average Bonchev–Trinajstić information content (AvgIpc) is 3.00. The van der Waals surface area contributed by atoms with Crippen LogP contribution in [0.4, 0.5) is 65.9 Å². The molecule has 0 atom stereocenters. The summed E-state index contributed by atoms with van der Waals surface area (Å²) < 4.78 is 221. The van der Waals surface area contributed by atoms with Crippen molar-refractivity contribution in [3.8, 4) is 0 Å². The van der Waals surface area contributed by atoms with E-state index in [1.807, 2.05) is 27.7 Å². The zero-order chi connectivity index (χ0) is 35.1. The molecule has 268 valence electrons. The molecule has 2 nitrogen and oxygen atoms in total. The first-order valence-corrected chi connectivity index (χ1v) is 12.8. The van der Waals surface area contributed by atoms with Gasteiger partial charge in [0.2, 0.25) is 0 Å². The zero-order valence-electron chi connectivity index (χ0n) is 26.5. The van der Waals surface area contributed by atoms with Gasteiger partial charge in [-0.1, -0.05) is 0 Å². The Balaban J connectivity index is -0.00000136. The number of ether oxygens (including phenoxy) is 2. The van der Waals surface area contributed by atoms with Gasteiger partial charge in [-0.2, -0.15) is 6.82 Å². The van der Waals surface area contributed by atoms with E-state index in [0.717, 1.165) is 26.4 Å². The maximum Gasteiger partial charge on any atom is 3.00 e. The van der Waals surface area contributed by atoms with Crippen LogP contribution < -0.4 is 16.4 Å². The van der Waals surface area contributed by atoms with Crippen LogP contribution in [0.2, 0.25) is 6.82 Å². The molecule has 0 aromatic heterocycles. The number of hydrogen-bond acceptors (Lipinski definition) is 2. The topological polar surface area (TPSA) is 18.5 Å². The van der Waals surface area contributed by atoms with Crippen molar-refractivity contribution in [1.82, 2.24) is 0 Å². The molecule has 19 heteroatoms. The van der Waals surface area contributed by atoms with E-state index in [2.05, 4.69) is 0 Å². The fourth-order valence-corrected chi connectivity index (χ4v) is 4.23. The summed E-state index contributed by atoms with van der Waals surface area (Å²) in [5, 5.41) is 0. The third-order valence-electron chi connectivity index (χ3n) is 6.28. The molecule has 0 aliphatic carbocycles. The smallest absolute Gasteiger partial charge is 0.382 e. The third-order valence-corrected chi connectivity index (χ3v) is 6.28. The van der Waals surface area contributed by atoms with Crippen LogP contribution in [0.1, 0.15) is 27.7 Å². The first-order chi connectivity index (χ1) is 20.9.